The Morgan fingerprint density at radius 2 is 1.81 bits per heavy atom. The van der Waals surface area contributed by atoms with E-state index in [1.165, 1.54) is 11.3 Å². The van der Waals surface area contributed by atoms with Crippen LogP contribution in [-0.4, -0.2) is 58.8 Å². The quantitative estimate of drug-likeness (QED) is 0.382. The topological polar surface area (TPSA) is 65.0 Å². The van der Waals surface area contributed by atoms with Crippen LogP contribution in [0.3, 0.4) is 0 Å². The van der Waals surface area contributed by atoms with Crippen LogP contribution in [0.1, 0.15) is 5.56 Å². The molecule has 1 aliphatic rings. The van der Waals surface area contributed by atoms with Gasteiger partial charge in [0.2, 0.25) is 0 Å². The summed E-state index contributed by atoms with van der Waals surface area (Å²) in [6.45, 7) is 4.41. The fourth-order valence-corrected chi connectivity index (χ4v) is 4.37. The van der Waals surface area contributed by atoms with E-state index in [9.17, 15) is 8.42 Å². The van der Waals surface area contributed by atoms with E-state index in [4.69, 9.17) is 0 Å². The number of hydrogen-bond acceptors (Lipinski definition) is 5. The number of nitrogens with zero attached hydrogens (tertiary/aromatic N) is 3. The van der Waals surface area contributed by atoms with Crippen LogP contribution in [0.5, 0.6) is 0 Å². The molecule has 0 spiro atoms. The van der Waals surface area contributed by atoms with E-state index in [-0.39, 0.29) is 24.0 Å². The van der Waals surface area contributed by atoms with Crippen molar-refractivity contribution in [3.05, 3.63) is 47.3 Å². The zero-order valence-corrected chi connectivity index (χ0v) is 19.4. The van der Waals surface area contributed by atoms with Gasteiger partial charge in [-0.1, -0.05) is 12.1 Å². The number of piperazine rings is 1. The summed E-state index contributed by atoms with van der Waals surface area (Å²) in [5.41, 5.74) is 1.02. The third kappa shape index (κ3) is 5.82. The molecular formula is C18H25IN4O2S2. The molecule has 0 radical (unpaired) electrons. The molecule has 1 aromatic heterocycles. The van der Waals surface area contributed by atoms with Crippen molar-refractivity contribution in [2.24, 2.45) is 4.99 Å². The number of anilines is 1. The number of hydrogen-bond donors (Lipinski definition) is 1. The highest BCUT2D eigenvalue weighted by Crippen LogP contribution is 2.22. The smallest absolute Gasteiger partial charge is 0.194 e. The third-order valence-corrected chi connectivity index (χ3v) is 6.47. The Bertz CT molecular complexity index is 844. The van der Waals surface area contributed by atoms with Crippen molar-refractivity contribution in [1.82, 2.24) is 10.2 Å². The Morgan fingerprint density at radius 1 is 1.15 bits per heavy atom. The Kier molecular flexibility index (Phi) is 7.92. The Morgan fingerprint density at radius 3 is 2.33 bits per heavy atom. The molecule has 1 saturated heterocycles. The highest BCUT2D eigenvalue weighted by molar-refractivity contribution is 14.0. The number of halogens is 1. The summed E-state index contributed by atoms with van der Waals surface area (Å²) in [6.07, 6.45) is 1.22. The second kappa shape index (κ2) is 9.74. The maximum absolute atomic E-state index is 11.5. The van der Waals surface area contributed by atoms with Crippen molar-refractivity contribution in [3.8, 4) is 0 Å². The van der Waals surface area contributed by atoms with Gasteiger partial charge in [0.15, 0.2) is 15.8 Å². The van der Waals surface area contributed by atoms with Crippen molar-refractivity contribution in [1.29, 1.82) is 0 Å². The van der Waals surface area contributed by atoms with Crippen LogP contribution < -0.4 is 10.2 Å². The molecule has 1 N–H and O–H groups in total. The summed E-state index contributed by atoms with van der Waals surface area (Å²) >= 11 is 1.77. The van der Waals surface area contributed by atoms with E-state index in [0.29, 0.717) is 11.4 Å². The fraction of sp³-hybridized carbons (Fsp3) is 0.389. The predicted molar refractivity (Wildman–Crippen MR) is 123 cm³/mol. The summed E-state index contributed by atoms with van der Waals surface area (Å²) in [4.78, 5) is 9.39. The van der Waals surface area contributed by atoms with Gasteiger partial charge >= 0.3 is 0 Å². The molecule has 0 saturated carbocycles. The highest BCUT2D eigenvalue weighted by atomic mass is 127. The molecule has 3 rings (SSSR count). The Balaban J connectivity index is 0.00000261. The van der Waals surface area contributed by atoms with Crippen molar-refractivity contribution < 1.29 is 8.42 Å². The number of rotatable bonds is 4. The first-order valence-corrected chi connectivity index (χ1v) is 11.3. The second-order valence-electron chi connectivity index (χ2n) is 6.24. The summed E-state index contributed by atoms with van der Waals surface area (Å²) < 4.78 is 23.1. The van der Waals surface area contributed by atoms with Gasteiger partial charge in [-0.05, 0) is 35.2 Å². The lowest BCUT2D eigenvalue weighted by atomic mass is 10.2. The monoisotopic (exact) mass is 520 g/mol. The number of thiophene rings is 1. The van der Waals surface area contributed by atoms with E-state index < -0.39 is 9.84 Å². The zero-order chi connectivity index (χ0) is 18.6. The van der Waals surface area contributed by atoms with E-state index in [0.717, 1.165) is 37.7 Å². The first kappa shape index (κ1) is 22.0. The molecule has 148 valence electrons. The predicted octanol–water partition coefficient (Wildman–Crippen LogP) is 2.67. The number of guanidine groups is 1. The molecule has 0 bridgehead atoms. The van der Waals surface area contributed by atoms with E-state index in [1.54, 1.807) is 30.5 Å². The lowest BCUT2D eigenvalue weighted by Gasteiger charge is -2.37. The van der Waals surface area contributed by atoms with E-state index >= 15 is 0 Å². The minimum atomic E-state index is -3.15. The fourth-order valence-electron chi connectivity index (χ4n) is 2.96. The van der Waals surface area contributed by atoms with Crippen LogP contribution in [0.25, 0.3) is 0 Å². The average Bonchev–Trinajstić information content (AvgIpc) is 3.17. The van der Waals surface area contributed by atoms with Crippen LogP contribution >= 0.6 is 35.3 Å². The van der Waals surface area contributed by atoms with Crippen molar-refractivity contribution in [2.45, 2.75) is 11.4 Å². The molecule has 27 heavy (non-hydrogen) atoms. The van der Waals surface area contributed by atoms with Gasteiger partial charge in [-0.25, -0.2) is 8.42 Å². The van der Waals surface area contributed by atoms with Gasteiger partial charge in [-0.15, -0.1) is 35.3 Å². The lowest BCUT2D eigenvalue weighted by molar-refractivity contribution is 0.373. The molecule has 0 aliphatic carbocycles. The lowest BCUT2D eigenvalue weighted by Crippen LogP contribution is -2.52. The standard InChI is InChI=1S/C18H24N4O2S2.HI/c1-19-18(20-14-15-5-7-16(8-6-15)26(2,23)24)22-11-9-21(10-12-22)17-4-3-13-25-17;/h3-8,13H,9-12,14H2,1-2H3,(H,19,20);1H. The number of benzene rings is 1. The summed E-state index contributed by atoms with van der Waals surface area (Å²) in [5.74, 6) is 0.878. The van der Waals surface area contributed by atoms with E-state index in [1.807, 2.05) is 12.1 Å². The third-order valence-electron chi connectivity index (χ3n) is 4.41. The zero-order valence-electron chi connectivity index (χ0n) is 15.5. The van der Waals surface area contributed by atoms with Gasteiger partial charge in [0, 0.05) is 46.0 Å². The van der Waals surface area contributed by atoms with Gasteiger partial charge in [0.05, 0.1) is 9.90 Å². The summed E-state index contributed by atoms with van der Waals surface area (Å²) in [7, 11) is -1.36. The summed E-state index contributed by atoms with van der Waals surface area (Å²) in [6, 6.07) is 11.2. The molecule has 9 heteroatoms. The molecule has 0 unspecified atom stereocenters. The first-order chi connectivity index (χ1) is 12.5. The molecule has 1 aromatic carbocycles. The molecular weight excluding hydrogens is 495 g/mol. The molecule has 2 heterocycles. The molecule has 0 atom stereocenters. The average molecular weight is 520 g/mol. The normalized spacial score (nSPS) is 15.4. The number of sulfone groups is 1. The van der Waals surface area contributed by atoms with Gasteiger partial charge < -0.3 is 15.1 Å². The van der Waals surface area contributed by atoms with E-state index in [2.05, 4.69) is 37.6 Å². The Labute approximate surface area is 182 Å². The van der Waals surface area contributed by atoms with Crippen molar-refractivity contribution in [3.63, 3.8) is 0 Å². The van der Waals surface area contributed by atoms with Crippen LogP contribution in [0.4, 0.5) is 5.00 Å². The van der Waals surface area contributed by atoms with Crippen LogP contribution in [0.2, 0.25) is 0 Å². The van der Waals surface area contributed by atoms with Gasteiger partial charge in [-0.3, -0.25) is 4.99 Å². The molecule has 1 aliphatic heterocycles. The van der Waals surface area contributed by atoms with Gasteiger partial charge in [0.25, 0.3) is 0 Å². The maximum Gasteiger partial charge on any atom is 0.194 e. The largest absolute Gasteiger partial charge is 0.360 e. The molecule has 2 aromatic rings. The summed E-state index contributed by atoms with van der Waals surface area (Å²) in [5, 5.41) is 6.80. The Hall–Kier alpha value is -1.33. The van der Waals surface area contributed by atoms with Crippen LogP contribution in [0, 0.1) is 0 Å². The SMILES string of the molecule is CN=C(NCc1ccc(S(C)(=O)=O)cc1)N1CCN(c2cccs2)CC1.I. The maximum atomic E-state index is 11.5. The van der Waals surface area contributed by atoms with Crippen LogP contribution in [-0.2, 0) is 16.4 Å². The van der Waals surface area contributed by atoms with Crippen LogP contribution in [0.15, 0.2) is 51.7 Å². The minimum Gasteiger partial charge on any atom is -0.360 e. The molecule has 6 nitrogen and oxygen atoms in total. The number of aliphatic imine (C=N–C) groups is 1. The first-order valence-electron chi connectivity index (χ1n) is 8.50. The second-order valence-corrected chi connectivity index (χ2v) is 9.18. The van der Waals surface area contributed by atoms with Gasteiger partial charge in [0.1, 0.15) is 0 Å². The highest BCUT2D eigenvalue weighted by Gasteiger charge is 2.20. The molecule has 0 amide bonds. The van der Waals surface area contributed by atoms with Crippen molar-refractivity contribution in [2.75, 3.05) is 44.4 Å². The minimum absolute atomic E-state index is 0. The molecule has 1 fully saturated rings. The van der Waals surface area contributed by atoms with Crippen molar-refractivity contribution >= 4 is 56.1 Å². The number of nitrogens with one attached hydrogen (secondary N) is 1. The van der Waals surface area contributed by atoms with Gasteiger partial charge in [-0.2, -0.15) is 0 Å².